The molecule has 0 amide bonds. The third kappa shape index (κ3) is 18.8. The summed E-state index contributed by atoms with van der Waals surface area (Å²) in [6.45, 7) is 6.85. The van der Waals surface area contributed by atoms with E-state index in [1.165, 1.54) is 0 Å². The van der Waals surface area contributed by atoms with Crippen molar-refractivity contribution in [2.24, 2.45) is 0 Å². The van der Waals surface area contributed by atoms with Crippen molar-refractivity contribution >= 4 is 11.6 Å². The molecule has 0 bridgehead atoms. The number of benzene rings is 5. The van der Waals surface area contributed by atoms with Crippen LogP contribution in [0.4, 0.5) is 0 Å². The predicted molar refractivity (Wildman–Crippen MR) is 244 cm³/mol. The van der Waals surface area contributed by atoms with E-state index in [1.807, 2.05) is 109 Å². The van der Waals surface area contributed by atoms with Gasteiger partial charge in [0.05, 0.1) is 59.5 Å². The van der Waals surface area contributed by atoms with Gasteiger partial charge in [-0.25, -0.2) is 0 Å². The highest BCUT2D eigenvalue weighted by Gasteiger charge is 2.18. The van der Waals surface area contributed by atoms with Gasteiger partial charge in [0, 0.05) is 27.2 Å². The summed E-state index contributed by atoms with van der Waals surface area (Å²) >= 11 is 6.03. The summed E-state index contributed by atoms with van der Waals surface area (Å²) in [5, 5.41) is 0. The second kappa shape index (κ2) is 30.0. The highest BCUT2D eigenvalue weighted by atomic mass is 35.5. The molecular formula is C50H61ClO13. The lowest BCUT2D eigenvalue weighted by Crippen LogP contribution is -2.10. The first-order valence-electron chi connectivity index (χ1n) is 21.2. The average Bonchev–Trinajstić information content (AvgIpc) is 3.33. The van der Waals surface area contributed by atoms with Gasteiger partial charge in [-0.2, -0.15) is 0 Å². The molecule has 346 valence electrons. The molecule has 5 rings (SSSR count). The van der Waals surface area contributed by atoms with E-state index in [0.717, 1.165) is 45.1 Å². The van der Waals surface area contributed by atoms with Crippen LogP contribution >= 0.6 is 11.6 Å². The van der Waals surface area contributed by atoms with Crippen molar-refractivity contribution in [2.45, 2.75) is 32.3 Å². The number of alkyl halides is 1. The molecule has 5 aromatic carbocycles. The van der Waals surface area contributed by atoms with Crippen LogP contribution in [0.2, 0.25) is 0 Å². The quantitative estimate of drug-likeness (QED) is 0.0289. The van der Waals surface area contributed by atoms with Gasteiger partial charge in [-0.05, 0) is 88.5 Å². The van der Waals surface area contributed by atoms with E-state index in [-0.39, 0.29) is 26.4 Å². The van der Waals surface area contributed by atoms with Crippen LogP contribution in [0.3, 0.4) is 0 Å². The summed E-state index contributed by atoms with van der Waals surface area (Å²) in [5.74, 6) is 4.76. The monoisotopic (exact) mass is 904 g/mol. The number of hydrogen-bond donors (Lipinski definition) is 0. The van der Waals surface area contributed by atoms with Gasteiger partial charge in [-0.1, -0.05) is 48.5 Å². The van der Waals surface area contributed by atoms with Crippen molar-refractivity contribution in [1.29, 1.82) is 0 Å². The average molecular weight is 905 g/mol. The zero-order valence-corrected chi connectivity index (χ0v) is 37.9. The minimum atomic E-state index is 0.234. The second-order valence-electron chi connectivity index (χ2n) is 14.1. The Kier molecular flexibility index (Phi) is 23.3. The summed E-state index contributed by atoms with van der Waals surface area (Å²) in [4.78, 5) is 0. The number of methoxy groups -OCH3 is 3. The maximum atomic E-state index is 6.59. The van der Waals surface area contributed by atoms with E-state index < -0.39 is 0 Å². The molecule has 0 aromatic heterocycles. The molecule has 0 fully saturated rings. The summed E-state index contributed by atoms with van der Waals surface area (Å²) in [6.07, 6.45) is 0. The van der Waals surface area contributed by atoms with Crippen molar-refractivity contribution in [2.75, 3.05) is 101 Å². The van der Waals surface area contributed by atoms with Crippen LogP contribution in [0, 0.1) is 0 Å². The van der Waals surface area contributed by atoms with Crippen LogP contribution in [0.5, 0.6) is 40.2 Å². The Hall–Kier alpha value is -5.25. The summed E-state index contributed by atoms with van der Waals surface area (Å²) in [6, 6.07) is 34.8. The Morgan fingerprint density at radius 2 is 0.625 bits per heavy atom. The SMILES string of the molecule is COCCOCCOc1ccc(COc2cc(COc3ccc(CCl)cc3)cc(OCc3ccc(OCCOCCOC)cc3)c2OCc2ccc(OCCOCCOC)cc2)cc1. The number of rotatable bonds is 34. The zero-order valence-electron chi connectivity index (χ0n) is 37.1. The van der Waals surface area contributed by atoms with E-state index in [9.17, 15) is 0 Å². The van der Waals surface area contributed by atoms with Crippen LogP contribution in [-0.2, 0) is 60.7 Å². The van der Waals surface area contributed by atoms with Crippen molar-refractivity contribution in [1.82, 2.24) is 0 Å². The molecule has 5 aromatic rings. The fraction of sp³-hybridized carbons (Fsp3) is 0.400. The van der Waals surface area contributed by atoms with Gasteiger partial charge in [0.2, 0.25) is 5.75 Å². The summed E-state index contributed by atoms with van der Waals surface area (Å²) in [5.41, 5.74) is 4.61. The molecule has 0 spiro atoms. The Labute approximate surface area is 382 Å². The summed E-state index contributed by atoms with van der Waals surface area (Å²) < 4.78 is 75.1. The zero-order chi connectivity index (χ0) is 44.9. The lowest BCUT2D eigenvalue weighted by molar-refractivity contribution is 0.0544. The molecule has 13 nitrogen and oxygen atoms in total. The maximum absolute atomic E-state index is 6.59. The molecule has 0 aliphatic carbocycles. The highest BCUT2D eigenvalue weighted by Crippen LogP contribution is 2.41. The first-order chi connectivity index (χ1) is 31.6. The normalized spacial score (nSPS) is 11.0. The lowest BCUT2D eigenvalue weighted by Gasteiger charge is -2.19. The molecule has 0 radical (unpaired) electrons. The van der Waals surface area contributed by atoms with E-state index in [1.54, 1.807) is 21.3 Å². The Bertz CT molecular complexity index is 1890. The van der Waals surface area contributed by atoms with E-state index in [4.69, 9.17) is 73.2 Å². The molecule has 14 heteroatoms. The van der Waals surface area contributed by atoms with E-state index in [0.29, 0.717) is 108 Å². The van der Waals surface area contributed by atoms with Crippen LogP contribution in [-0.4, -0.2) is 101 Å². The molecule has 0 N–H and O–H groups in total. The molecule has 0 unspecified atom stereocenters. The molecule has 0 heterocycles. The molecule has 0 saturated carbocycles. The number of halogens is 1. The Balaban J connectivity index is 1.33. The number of hydrogen-bond acceptors (Lipinski definition) is 13. The van der Waals surface area contributed by atoms with Crippen molar-refractivity contribution in [3.63, 3.8) is 0 Å². The lowest BCUT2D eigenvalue weighted by atomic mass is 10.1. The van der Waals surface area contributed by atoms with Crippen LogP contribution in [0.1, 0.15) is 27.8 Å². The molecular weight excluding hydrogens is 844 g/mol. The van der Waals surface area contributed by atoms with Crippen LogP contribution < -0.4 is 33.2 Å². The van der Waals surface area contributed by atoms with Gasteiger partial charge >= 0.3 is 0 Å². The molecule has 0 aliphatic rings. The Morgan fingerprint density at radius 1 is 0.312 bits per heavy atom. The molecule has 64 heavy (non-hydrogen) atoms. The minimum absolute atomic E-state index is 0.234. The first kappa shape index (κ1) is 49.8. The van der Waals surface area contributed by atoms with Crippen LogP contribution in [0.15, 0.2) is 109 Å². The predicted octanol–water partition coefficient (Wildman–Crippen LogP) is 8.87. The highest BCUT2D eigenvalue weighted by molar-refractivity contribution is 6.17. The maximum Gasteiger partial charge on any atom is 0.203 e. The van der Waals surface area contributed by atoms with Gasteiger partial charge < -0.3 is 61.6 Å². The van der Waals surface area contributed by atoms with Gasteiger partial charge in [0.1, 0.15) is 69.2 Å². The molecule has 0 aliphatic heterocycles. The largest absolute Gasteiger partial charge is 0.491 e. The van der Waals surface area contributed by atoms with Crippen LogP contribution in [0.25, 0.3) is 0 Å². The van der Waals surface area contributed by atoms with E-state index >= 15 is 0 Å². The van der Waals surface area contributed by atoms with Crippen molar-refractivity contribution in [3.05, 3.63) is 137 Å². The van der Waals surface area contributed by atoms with Gasteiger partial charge in [0.15, 0.2) is 11.5 Å². The fourth-order valence-corrected chi connectivity index (χ4v) is 6.00. The van der Waals surface area contributed by atoms with Gasteiger partial charge in [-0.3, -0.25) is 0 Å². The third-order valence-corrected chi connectivity index (χ3v) is 9.60. The third-order valence-electron chi connectivity index (χ3n) is 9.29. The second-order valence-corrected chi connectivity index (χ2v) is 14.4. The standard InChI is InChI=1S/C50H61ClO13/c1-52-20-23-55-26-29-58-44-14-6-40(7-15-44)35-62-48-32-43(38-61-47-12-4-39(34-51)5-13-47)33-49(63-36-41-8-16-45(17-9-41)59-30-27-56-24-21-53-2)50(48)64-37-42-10-18-46(19-11-42)60-31-28-57-25-22-54-3/h4-19,32-33H,20-31,34-38H2,1-3H3. The summed E-state index contributed by atoms with van der Waals surface area (Å²) in [7, 11) is 4.93. The van der Waals surface area contributed by atoms with E-state index in [2.05, 4.69) is 0 Å². The van der Waals surface area contributed by atoms with Gasteiger partial charge in [0.25, 0.3) is 0 Å². The molecule has 0 saturated heterocycles. The van der Waals surface area contributed by atoms with Gasteiger partial charge in [-0.15, -0.1) is 11.6 Å². The fourth-order valence-electron chi connectivity index (χ4n) is 5.82. The first-order valence-corrected chi connectivity index (χ1v) is 21.8. The number of ether oxygens (including phenoxy) is 13. The smallest absolute Gasteiger partial charge is 0.203 e. The minimum Gasteiger partial charge on any atom is -0.491 e. The Morgan fingerprint density at radius 3 is 0.984 bits per heavy atom. The topological polar surface area (TPSA) is 120 Å². The van der Waals surface area contributed by atoms with Crippen molar-refractivity contribution in [3.8, 4) is 40.2 Å². The molecule has 0 atom stereocenters. The van der Waals surface area contributed by atoms with Crippen molar-refractivity contribution < 1.29 is 61.6 Å².